The highest BCUT2D eigenvalue weighted by atomic mass is 16.5. The number of aromatic nitrogens is 2. The van der Waals surface area contributed by atoms with E-state index in [4.69, 9.17) is 4.74 Å². The van der Waals surface area contributed by atoms with Gasteiger partial charge in [-0.1, -0.05) is 35.9 Å². The highest BCUT2D eigenvalue weighted by Gasteiger charge is 2.13. The molecule has 1 heterocycles. The van der Waals surface area contributed by atoms with E-state index in [1.807, 2.05) is 26.0 Å². The zero-order chi connectivity index (χ0) is 19.4. The Kier molecular flexibility index (Phi) is 5.30. The van der Waals surface area contributed by atoms with Crippen molar-refractivity contribution >= 4 is 28.3 Å². The molecule has 2 aromatic carbocycles. The summed E-state index contributed by atoms with van der Waals surface area (Å²) < 4.78 is 5.04. The van der Waals surface area contributed by atoms with Gasteiger partial charge in [0, 0.05) is 11.1 Å². The summed E-state index contributed by atoms with van der Waals surface area (Å²) in [6.07, 6.45) is -0.145. The standard InChI is InChI=1S/C20H19N3O4/c1-12-7-8-16(13(2)9-12)21-18(24)11-27-19(25)10-17-14-5-3-4-6-15(14)20(26)23-22-17/h3-9H,10-11H2,1-2H3,(H,21,24)(H,23,26). The number of amides is 1. The van der Waals surface area contributed by atoms with Crippen LogP contribution in [0.1, 0.15) is 16.8 Å². The summed E-state index contributed by atoms with van der Waals surface area (Å²) in [7, 11) is 0. The number of nitrogens with zero attached hydrogens (tertiary/aromatic N) is 1. The Hall–Kier alpha value is -3.48. The van der Waals surface area contributed by atoms with Gasteiger partial charge in [0.25, 0.3) is 11.5 Å². The van der Waals surface area contributed by atoms with E-state index < -0.39 is 18.5 Å². The van der Waals surface area contributed by atoms with Gasteiger partial charge in [0.05, 0.1) is 17.5 Å². The number of rotatable bonds is 5. The molecule has 1 aromatic heterocycles. The monoisotopic (exact) mass is 365 g/mol. The molecule has 7 nitrogen and oxygen atoms in total. The number of hydrogen-bond donors (Lipinski definition) is 2. The van der Waals surface area contributed by atoms with Crippen molar-refractivity contribution in [2.75, 3.05) is 11.9 Å². The smallest absolute Gasteiger partial charge is 0.312 e. The highest BCUT2D eigenvalue weighted by Crippen LogP contribution is 2.16. The SMILES string of the molecule is Cc1ccc(NC(=O)COC(=O)Cc2n[nH]c(=O)c3ccccc23)c(C)c1. The Labute approximate surface area is 155 Å². The van der Waals surface area contributed by atoms with Crippen LogP contribution in [-0.4, -0.2) is 28.7 Å². The van der Waals surface area contributed by atoms with Gasteiger partial charge >= 0.3 is 5.97 Å². The van der Waals surface area contributed by atoms with Crippen LogP contribution in [0, 0.1) is 13.8 Å². The lowest BCUT2D eigenvalue weighted by molar-refractivity contribution is -0.146. The number of benzene rings is 2. The van der Waals surface area contributed by atoms with Crippen LogP contribution in [0.2, 0.25) is 0 Å². The van der Waals surface area contributed by atoms with Gasteiger partial charge in [0.15, 0.2) is 6.61 Å². The molecule has 2 N–H and O–H groups in total. The molecular formula is C20H19N3O4. The van der Waals surface area contributed by atoms with Crippen LogP contribution < -0.4 is 10.9 Å². The third kappa shape index (κ3) is 4.38. The fourth-order valence-electron chi connectivity index (χ4n) is 2.78. The van der Waals surface area contributed by atoms with E-state index >= 15 is 0 Å². The predicted octanol–water partition coefficient (Wildman–Crippen LogP) is 2.26. The van der Waals surface area contributed by atoms with Gasteiger partial charge in [0.1, 0.15) is 0 Å². The first kappa shape index (κ1) is 18.3. The Morgan fingerprint density at radius 1 is 1.11 bits per heavy atom. The van der Waals surface area contributed by atoms with Gasteiger partial charge in [-0.2, -0.15) is 5.10 Å². The first-order chi connectivity index (χ1) is 12.9. The van der Waals surface area contributed by atoms with Crippen LogP contribution in [0.3, 0.4) is 0 Å². The molecule has 3 aromatic rings. The number of nitrogens with one attached hydrogen (secondary N) is 2. The van der Waals surface area contributed by atoms with E-state index in [0.29, 0.717) is 22.2 Å². The molecule has 0 saturated heterocycles. The second-order valence-electron chi connectivity index (χ2n) is 6.25. The van der Waals surface area contributed by atoms with E-state index in [1.54, 1.807) is 30.3 Å². The minimum atomic E-state index is -0.601. The fourth-order valence-corrected chi connectivity index (χ4v) is 2.78. The van der Waals surface area contributed by atoms with Gasteiger partial charge in [-0.3, -0.25) is 14.4 Å². The van der Waals surface area contributed by atoms with E-state index in [0.717, 1.165) is 11.1 Å². The summed E-state index contributed by atoms with van der Waals surface area (Å²) in [4.78, 5) is 35.9. The first-order valence-electron chi connectivity index (χ1n) is 8.43. The van der Waals surface area contributed by atoms with Crippen molar-refractivity contribution in [2.24, 2.45) is 0 Å². The lowest BCUT2D eigenvalue weighted by atomic mass is 10.1. The Balaban J connectivity index is 1.61. The summed E-state index contributed by atoms with van der Waals surface area (Å²) in [5.41, 5.74) is 2.77. The maximum absolute atomic E-state index is 12.1. The molecule has 0 spiro atoms. The van der Waals surface area contributed by atoms with E-state index in [1.165, 1.54) is 0 Å². The Morgan fingerprint density at radius 2 is 1.85 bits per heavy atom. The lowest BCUT2D eigenvalue weighted by Gasteiger charge is -2.10. The second kappa shape index (κ2) is 7.82. The van der Waals surface area contributed by atoms with Crippen LogP contribution in [0.4, 0.5) is 5.69 Å². The van der Waals surface area contributed by atoms with Crippen LogP contribution in [0.15, 0.2) is 47.3 Å². The maximum atomic E-state index is 12.1. The van der Waals surface area contributed by atoms with Crippen molar-refractivity contribution in [1.29, 1.82) is 0 Å². The number of ether oxygens (including phenoxy) is 1. The zero-order valence-electron chi connectivity index (χ0n) is 15.0. The average molecular weight is 365 g/mol. The van der Waals surface area contributed by atoms with Crippen molar-refractivity contribution in [2.45, 2.75) is 20.3 Å². The highest BCUT2D eigenvalue weighted by molar-refractivity contribution is 5.94. The van der Waals surface area contributed by atoms with E-state index in [-0.39, 0.29) is 12.0 Å². The third-order valence-electron chi connectivity index (χ3n) is 4.11. The molecular weight excluding hydrogens is 346 g/mol. The van der Waals surface area contributed by atoms with Crippen molar-refractivity contribution in [1.82, 2.24) is 10.2 Å². The molecule has 0 fully saturated rings. The average Bonchev–Trinajstić information content (AvgIpc) is 2.65. The van der Waals surface area contributed by atoms with Crippen molar-refractivity contribution in [3.63, 3.8) is 0 Å². The fraction of sp³-hybridized carbons (Fsp3) is 0.200. The molecule has 0 radical (unpaired) electrons. The number of esters is 1. The Morgan fingerprint density at radius 3 is 2.59 bits per heavy atom. The number of anilines is 1. The molecule has 0 atom stereocenters. The zero-order valence-corrected chi connectivity index (χ0v) is 15.0. The summed E-state index contributed by atoms with van der Waals surface area (Å²) in [5, 5.41) is 10.0. The largest absolute Gasteiger partial charge is 0.455 e. The molecule has 7 heteroatoms. The van der Waals surface area contributed by atoms with Gasteiger partial charge in [-0.05, 0) is 31.5 Å². The number of hydrogen-bond acceptors (Lipinski definition) is 5. The van der Waals surface area contributed by atoms with Gasteiger partial charge in [0.2, 0.25) is 0 Å². The molecule has 0 aliphatic carbocycles. The number of aromatic amines is 1. The van der Waals surface area contributed by atoms with Crippen LogP contribution in [0.5, 0.6) is 0 Å². The van der Waals surface area contributed by atoms with Crippen molar-refractivity contribution in [3.8, 4) is 0 Å². The minimum Gasteiger partial charge on any atom is -0.455 e. The Bertz CT molecular complexity index is 1070. The predicted molar refractivity (Wildman–Crippen MR) is 102 cm³/mol. The molecule has 3 rings (SSSR count). The van der Waals surface area contributed by atoms with Gasteiger partial charge in [-0.25, -0.2) is 5.10 Å². The molecule has 1 amide bonds. The summed E-state index contributed by atoms with van der Waals surface area (Å²) in [6, 6.07) is 12.5. The molecule has 0 bridgehead atoms. The maximum Gasteiger partial charge on any atom is 0.312 e. The van der Waals surface area contributed by atoms with Crippen LogP contribution >= 0.6 is 0 Å². The number of fused-ring (bicyclic) bond motifs is 1. The number of H-pyrrole nitrogens is 1. The number of carbonyl (C=O) groups is 2. The lowest BCUT2D eigenvalue weighted by Crippen LogP contribution is -2.22. The summed E-state index contributed by atoms with van der Waals surface area (Å²) in [5.74, 6) is -1.02. The molecule has 0 unspecified atom stereocenters. The van der Waals surface area contributed by atoms with Crippen molar-refractivity contribution in [3.05, 3.63) is 69.6 Å². The number of aryl methyl sites for hydroxylation is 2. The van der Waals surface area contributed by atoms with E-state index in [9.17, 15) is 14.4 Å². The molecule has 138 valence electrons. The van der Waals surface area contributed by atoms with Gasteiger partial charge < -0.3 is 10.1 Å². The molecule has 27 heavy (non-hydrogen) atoms. The third-order valence-corrected chi connectivity index (χ3v) is 4.11. The van der Waals surface area contributed by atoms with Crippen LogP contribution in [-0.2, 0) is 20.7 Å². The first-order valence-corrected chi connectivity index (χ1v) is 8.43. The summed E-state index contributed by atoms with van der Waals surface area (Å²) in [6.45, 7) is 3.46. The topological polar surface area (TPSA) is 101 Å². The molecule has 0 aliphatic heterocycles. The second-order valence-corrected chi connectivity index (χ2v) is 6.25. The summed E-state index contributed by atoms with van der Waals surface area (Å²) >= 11 is 0. The number of carbonyl (C=O) groups excluding carboxylic acids is 2. The van der Waals surface area contributed by atoms with Crippen molar-refractivity contribution < 1.29 is 14.3 Å². The molecule has 0 aliphatic rings. The molecule has 0 saturated carbocycles. The van der Waals surface area contributed by atoms with Crippen LogP contribution in [0.25, 0.3) is 10.8 Å². The van der Waals surface area contributed by atoms with E-state index in [2.05, 4.69) is 15.5 Å². The minimum absolute atomic E-state index is 0.145. The van der Waals surface area contributed by atoms with Gasteiger partial charge in [-0.15, -0.1) is 0 Å². The normalized spacial score (nSPS) is 10.6. The quantitative estimate of drug-likeness (QED) is 0.676.